The van der Waals surface area contributed by atoms with Gasteiger partial charge in [-0.15, -0.1) is 12.4 Å². The maximum Gasteiger partial charge on any atom is 0.257 e. The molecule has 1 aromatic heterocycles. The van der Waals surface area contributed by atoms with Crippen molar-refractivity contribution in [2.75, 3.05) is 13.1 Å². The molecule has 2 rings (SSSR count). The van der Waals surface area contributed by atoms with E-state index < -0.39 is 0 Å². The maximum atomic E-state index is 12.2. The summed E-state index contributed by atoms with van der Waals surface area (Å²) in [5.41, 5.74) is 6.38. The summed E-state index contributed by atoms with van der Waals surface area (Å²) in [6, 6.07) is 1.87. The molecule has 0 spiro atoms. The predicted molar refractivity (Wildman–Crippen MR) is 68.2 cm³/mol. The molecule has 0 aliphatic carbocycles. The van der Waals surface area contributed by atoms with Crippen molar-refractivity contribution < 1.29 is 9.21 Å². The van der Waals surface area contributed by atoms with E-state index in [0.717, 1.165) is 19.4 Å². The number of nitrogens with zero attached hydrogens (tertiary/aromatic N) is 1. The third-order valence-corrected chi connectivity index (χ3v) is 3.39. The lowest BCUT2D eigenvalue weighted by atomic mass is 9.90. The predicted octanol–water partition coefficient (Wildman–Crippen LogP) is 1.90. The summed E-state index contributed by atoms with van der Waals surface area (Å²) in [5.74, 6) is 0.519. The van der Waals surface area contributed by atoms with Crippen LogP contribution in [0.15, 0.2) is 23.0 Å². The zero-order valence-electron chi connectivity index (χ0n) is 9.96. The van der Waals surface area contributed by atoms with Crippen LogP contribution in [-0.4, -0.2) is 29.9 Å². The number of likely N-dealkylation sites (tertiary alicyclic amines) is 1. The van der Waals surface area contributed by atoms with E-state index in [2.05, 4.69) is 6.92 Å². The van der Waals surface area contributed by atoms with Crippen molar-refractivity contribution in [3.8, 4) is 0 Å². The van der Waals surface area contributed by atoms with E-state index in [4.69, 9.17) is 10.2 Å². The van der Waals surface area contributed by atoms with Gasteiger partial charge in [0, 0.05) is 19.1 Å². The van der Waals surface area contributed by atoms with E-state index in [0.29, 0.717) is 18.0 Å². The van der Waals surface area contributed by atoms with Gasteiger partial charge in [0.15, 0.2) is 0 Å². The van der Waals surface area contributed by atoms with Crippen LogP contribution in [0.3, 0.4) is 0 Å². The lowest BCUT2D eigenvalue weighted by Gasteiger charge is -2.39. The van der Waals surface area contributed by atoms with Crippen LogP contribution in [0, 0.1) is 5.92 Å². The summed E-state index contributed by atoms with van der Waals surface area (Å²) in [4.78, 5) is 14.1. The molecule has 17 heavy (non-hydrogen) atoms. The number of furan rings is 1. The summed E-state index contributed by atoms with van der Waals surface area (Å²) in [6.07, 6.45) is 5.23. The molecule has 1 aromatic rings. The number of hydrogen-bond donors (Lipinski definition) is 1. The summed E-state index contributed by atoms with van der Waals surface area (Å²) < 4.78 is 4.94. The van der Waals surface area contributed by atoms with E-state index in [1.807, 2.05) is 4.90 Å². The molecule has 1 aliphatic heterocycles. The summed E-state index contributed by atoms with van der Waals surface area (Å²) >= 11 is 0. The van der Waals surface area contributed by atoms with Crippen LogP contribution in [0.1, 0.15) is 30.1 Å². The SMILES string of the molecule is CC1CCCN(C(=O)c2ccoc2)C1CN.Cl. The zero-order valence-corrected chi connectivity index (χ0v) is 10.8. The normalized spacial score (nSPS) is 24.2. The monoisotopic (exact) mass is 258 g/mol. The highest BCUT2D eigenvalue weighted by molar-refractivity contribution is 5.94. The zero-order chi connectivity index (χ0) is 11.5. The van der Waals surface area contributed by atoms with Crippen LogP contribution in [0.2, 0.25) is 0 Å². The molecule has 0 saturated carbocycles. The van der Waals surface area contributed by atoms with Crippen molar-refractivity contribution in [3.63, 3.8) is 0 Å². The van der Waals surface area contributed by atoms with Gasteiger partial charge in [0.05, 0.1) is 11.8 Å². The molecule has 0 bridgehead atoms. The van der Waals surface area contributed by atoms with Crippen molar-refractivity contribution in [3.05, 3.63) is 24.2 Å². The number of rotatable bonds is 2. The van der Waals surface area contributed by atoms with Gasteiger partial charge in [-0.3, -0.25) is 4.79 Å². The number of carbonyl (C=O) groups excluding carboxylic acids is 1. The van der Waals surface area contributed by atoms with Gasteiger partial charge < -0.3 is 15.1 Å². The van der Waals surface area contributed by atoms with Gasteiger partial charge in [0.2, 0.25) is 0 Å². The van der Waals surface area contributed by atoms with Gasteiger partial charge >= 0.3 is 0 Å². The molecule has 2 unspecified atom stereocenters. The Morgan fingerprint density at radius 2 is 2.41 bits per heavy atom. The molecule has 96 valence electrons. The summed E-state index contributed by atoms with van der Waals surface area (Å²) in [5, 5.41) is 0. The number of amides is 1. The summed E-state index contributed by atoms with van der Waals surface area (Å²) in [6.45, 7) is 3.49. The minimum absolute atomic E-state index is 0. The highest BCUT2D eigenvalue weighted by Crippen LogP contribution is 2.24. The number of nitrogens with two attached hydrogens (primary N) is 1. The fourth-order valence-electron chi connectivity index (χ4n) is 2.41. The van der Waals surface area contributed by atoms with Crippen molar-refractivity contribution >= 4 is 18.3 Å². The van der Waals surface area contributed by atoms with E-state index >= 15 is 0 Å². The Balaban J connectivity index is 0.00000144. The fraction of sp³-hybridized carbons (Fsp3) is 0.583. The van der Waals surface area contributed by atoms with Crippen LogP contribution in [0.5, 0.6) is 0 Å². The first-order valence-corrected chi connectivity index (χ1v) is 5.77. The Labute approximate surface area is 108 Å². The van der Waals surface area contributed by atoms with Crippen molar-refractivity contribution in [1.82, 2.24) is 4.90 Å². The first-order valence-electron chi connectivity index (χ1n) is 5.77. The van der Waals surface area contributed by atoms with Gasteiger partial charge in [-0.1, -0.05) is 6.92 Å². The van der Waals surface area contributed by atoms with E-state index in [1.54, 1.807) is 6.07 Å². The molecule has 2 N–H and O–H groups in total. The van der Waals surface area contributed by atoms with Crippen molar-refractivity contribution in [2.24, 2.45) is 11.7 Å². The lowest BCUT2D eigenvalue weighted by molar-refractivity contribution is 0.0532. The Morgan fingerprint density at radius 3 is 3.00 bits per heavy atom. The Hall–Kier alpha value is -1.00. The second-order valence-electron chi connectivity index (χ2n) is 4.43. The van der Waals surface area contributed by atoms with Gasteiger partial charge in [-0.05, 0) is 24.8 Å². The summed E-state index contributed by atoms with van der Waals surface area (Å²) in [7, 11) is 0. The van der Waals surface area contributed by atoms with Crippen LogP contribution in [-0.2, 0) is 0 Å². The topological polar surface area (TPSA) is 59.5 Å². The molecule has 2 heterocycles. The van der Waals surface area contributed by atoms with Crippen LogP contribution in [0.4, 0.5) is 0 Å². The van der Waals surface area contributed by atoms with Gasteiger partial charge in [0.1, 0.15) is 6.26 Å². The van der Waals surface area contributed by atoms with Crippen LogP contribution >= 0.6 is 12.4 Å². The highest BCUT2D eigenvalue weighted by Gasteiger charge is 2.31. The molecule has 5 heteroatoms. The Morgan fingerprint density at radius 1 is 1.65 bits per heavy atom. The Bertz CT molecular complexity index is 353. The molecule has 1 aliphatic rings. The Kier molecular flexibility index (Phi) is 5.02. The molecule has 4 nitrogen and oxygen atoms in total. The molecule has 1 amide bonds. The largest absolute Gasteiger partial charge is 0.472 e. The van der Waals surface area contributed by atoms with Gasteiger partial charge in [-0.25, -0.2) is 0 Å². The minimum atomic E-state index is 0. The lowest BCUT2D eigenvalue weighted by Crippen LogP contribution is -2.51. The third-order valence-electron chi connectivity index (χ3n) is 3.39. The molecule has 1 saturated heterocycles. The van der Waals surface area contributed by atoms with Gasteiger partial charge in [0.25, 0.3) is 5.91 Å². The number of piperidine rings is 1. The van der Waals surface area contributed by atoms with Crippen molar-refractivity contribution in [1.29, 1.82) is 0 Å². The average molecular weight is 259 g/mol. The fourth-order valence-corrected chi connectivity index (χ4v) is 2.41. The first-order chi connectivity index (χ1) is 7.74. The highest BCUT2D eigenvalue weighted by atomic mass is 35.5. The maximum absolute atomic E-state index is 12.2. The van der Waals surface area contributed by atoms with E-state index in [9.17, 15) is 4.79 Å². The molecule has 2 atom stereocenters. The molecular weight excluding hydrogens is 240 g/mol. The molecule has 0 radical (unpaired) electrons. The first kappa shape index (κ1) is 14.1. The van der Waals surface area contributed by atoms with Crippen LogP contribution < -0.4 is 5.73 Å². The molecular formula is C12H19ClN2O2. The van der Waals surface area contributed by atoms with Crippen LogP contribution in [0.25, 0.3) is 0 Å². The number of hydrogen-bond acceptors (Lipinski definition) is 3. The van der Waals surface area contributed by atoms with E-state index in [-0.39, 0.29) is 24.4 Å². The third kappa shape index (κ3) is 2.82. The van der Waals surface area contributed by atoms with E-state index in [1.165, 1.54) is 12.5 Å². The number of halogens is 1. The second kappa shape index (κ2) is 6.07. The molecule has 0 aromatic carbocycles. The second-order valence-corrected chi connectivity index (χ2v) is 4.43. The standard InChI is InChI=1S/C12H18N2O2.ClH/c1-9-3-2-5-14(11(9)7-13)12(15)10-4-6-16-8-10;/h4,6,8-9,11H,2-3,5,7,13H2,1H3;1H. The van der Waals surface area contributed by atoms with Crippen molar-refractivity contribution in [2.45, 2.75) is 25.8 Å². The van der Waals surface area contributed by atoms with Gasteiger partial charge in [-0.2, -0.15) is 0 Å². The smallest absolute Gasteiger partial charge is 0.257 e. The number of carbonyl (C=O) groups is 1. The quantitative estimate of drug-likeness (QED) is 0.881. The average Bonchev–Trinajstić information content (AvgIpc) is 2.81. The minimum Gasteiger partial charge on any atom is -0.472 e. The molecule has 1 fully saturated rings.